The topological polar surface area (TPSA) is 111 Å². The maximum absolute atomic E-state index is 10.7. The van der Waals surface area contributed by atoms with Gasteiger partial charge in [0.25, 0.3) is 0 Å². The van der Waals surface area contributed by atoms with Crippen LogP contribution >= 0.6 is 11.6 Å². The standard InChI is InChI=1S/C17H13ClN6O/c18-13-6-7-14(16(25)11-4-2-1-3-5-11)15(8-13)20-10-12(9-19)17-21-23-24-22-17/h1-8,10,16,20,25H,(H,21,22,23,24). The summed E-state index contributed by atoms with van der Waals surface area (Å²) in [7, 11) is 0. The van der Waals surface area contributed by atoms with Crippen molar-refractivity contribution < 1.29 is 5.11 Å². The Labute approximate surface area is 148 Å². The molecule has 0 aliphatic heterocycles. The van der Waals surface area contributed by atoms with E-state index in [-0.39, 0.29) is 11.4 Å². The number of nitrogens with one attached hydrogen (secondary N) is 2. The smallest absolute Gasteiger partial charge is 0.216 e. The average molecular weight is 353 g/mol. The summed E-state index contributed by atoms with van der Waals surface area (Å²) >= 11 is 6.07. The number of rotatable bonds is 5. The zero-order valence-electron chi connectivity index (χ0n) is 12.9. The van der Waals surface area contributed by atoms with E-state index in [2.05, 4.69) is 25.9 Å². The number of hydrogen-bond acceptors (Lipinski definition) is 6. The van der Waals surface area contributed by atoms with Gasteiger partial charge in [-0.05, 0) is 22.9 Å². The molecule has 0 aliphatic carbocycles. The predicted octanol–water partition coefficient (Wildman–Crippen LogP) is 2.91. The van der Waals surface area contributed by atoms with Crippen molar-refractivity contribution in [2.24, 2.45) is 0 Å². The summed E-state index contributed by atoms with van der Waals surface area (Å²) in [6.45, 7) is 0. The number of anilines is 1. The second-order valence-corrected chi connectivity index (χ2v) is 5.53. The van der Waals surface area contributed by atoms with Crippen molar-refractivity contribution in [2.45, 2.75) is 6.10 Å². The van der Waals surface area contributed by atoms with Gasteiger partial charge in [0.15, 0.2) is 0 Å². The monoisotopic (exact) mass is 352 g/mol. The van der Waals surface area contributed by atoms with E-state index in [9.17, 15) is 10.4 Å². The minimum atomic E-state index is -0.843. The molecule has 3 N–H and O–H groups in total. The maximum atomic E-state index is 10.7. The third kappa shape index (κ3) is 3.83. The number of aromatic amines is 1. The molecule has 1 heterocycles. The van der Waals surface area contributed by atoms with Crippen LogP contribution in [0.3, 0.4) is 0 Å². The first kappa shape index (κ1) is 16.6. The summed E-state index contributed by atoms with van der Waals surface area (Å²) < 4.78 is 0. The van der Waals surface area contributed by atoms with Crippen molar-refractivity contribution in [3.63, 3.8) is 0 Å². The van der Waals surface area contributed by atoms with Crippen LogP contribution in [-0.4, -0.2) is 25.7 Å². The first-order chi connectivity index (χ1) is 12.2. The van der Waals surface area contributed by atoms with Crippen molar-refractivity contribution >= 4 is 22.9 Å². The Hall–Kier alpha value is -3.21. The van der Waals surface area contributed by atoms with Gasteiger partial charge in [-0.15, -0.1) is 10.2 Å². The van der Waals surface area contributed by atoms with Crippen LogP contribution in [0.15, 0.2) is 54.7 Å². The average Bonchev–Trinajstić information content (AvgIpc) is 3.17. The molecule has 1 aromatic heterocycles. The Balaban J connectivity index is 1.94. The van der Waals surface area contributed by atoms with Crippen LogP contribution in [-0.2, 0) is 0 Å². The number of nitriles is 1. The van der Waals surface area contributed by atoms with Gasteiger partial charge in [0.05, 0.1) is 0 Å². The highest BCUT2D eigenvalue weighted by molar-refractivity contribution is 6.30. The second kappa shape index (κ2) is 7.57. The Morgan fingerprint density at radius 1 is 1.28 bits per heavy atom. The number of aliphatic hydroxyl groups excluding tert-OH is 1. The van der Waals surface area contributed by atoms with Crippen LogP contribution in [0.4, 0.5) is 5.69 Å². The molecule has 0 amide bonds. The fraction of sp³-hybridized carbons (Fsp3) is 0.0588. The van der Waals surface area contributed by atoms with Gasteiger partial charge in [0.2, 0.25) is 5.82 Å². The number of halogens is 1. The molecule has 3 aromatic rings. The molecule has 25 heavy (non-hydrogen) atoms. The number of benzene rings is 2. The molecule has 0 bridgehead atoms. The lowest BCUT2D eigenvalue weighted by molar-refractivity contribution is 0.221. The van der Waals surface area contributed by atoms with E-state index in [1.807, 2.05) is 36.4 Å². The van der Waals surface area contributed by atoms with Crippen molar-refractivity contribution in [2.75, 3.05) is 5.32 Å². The van der Waals surface area contributed by atoms with Crippen molar-refractivity contribution in [1.82, 2.24) is 20.6 Å². The molecular formula is C17H13ClN6O. The lowest BCUT2D eigenvalue weighted by Crippen LogP contribution is -2.04. The molecule has 0 fully saturated rings. The van der Waals surface area contributed by atoms with Crippen molar-refractivity contribution in [3.8, 4) is 6.07 Å². The number of tetrazole rings is 1. The fourth-order valence-electron chi connectivity index (χ4n) is 2.28. The van der Waals surface area contributed by atoms with Crippen LogP contribution in [0.1, 0.15) is 23.1 Å². The van der Waals surface area contributed by atoms with E-state index in [0.29, 0.717) is 16.3 Å². The normalized spacial score (nSPS) is 12.4. The molecule has 0 saturated carbocycles. The number of allylic oxidation sites excluding steroid dienone is 1. The number of aliphatic hydroxyl groups is 1. The van der Waals surface area contributed by atoms with E-state index in [1.165, 1.54) is 6.20 Å². The highest BCUT2D eigenvalue weighted by Gasteiger charge is 2.15. The molecular weight excluding hydrogens is 340 g/mol. The summed E-state index contributed by atoms with van der Waals surface area (Å²) in [5.41, 5.74) is 2.13. The van der Waals surface area contributed by atoms with Crippen molar-refractivity contribution in [3.05, 3.63) is 76.7 Å². The lowest BCUT2D eigenvalue weighted by atomic mass is 10.00. The van der Waals surface area contributed by atoms with Crippen LogP contribution in [0.2, 0.25) is 5.02 Å². The molecule has 0 saturated heterocycles. The zero-order chi connectivity index (χ0) is 17.6. The van der Waals surface area contributed by atoms with Gasteiger partial charge in [-0.3, -0.25) is 0 Å². The summed E-state index contributed by atoms with van der Waals surface area (Å²) in [6, 6.07) is 16.3. The molecule has 8 heteroatoms. The second-order valence-electron chi connectivity index (χ2n) is 5.09. The van der Waals surface area contributed by atoms with E-state index in [4.69, 9.17) is 11.6 Å². The predicted molar refractivity (Wildman–Crippen MR) is 93.3 cm³/mol. The van der Waals surface area contributed by atoms with E-state index in [0.717, 1.165) is 5.56 Å². The largest absolute Gasteiger partial charge is 0.384 e. The quantitative estimate of drug-likeness (QED) is 0.609. The summed E-state index contributed by atoms with van der Waals surface area (Å²) in [6.07, 6.45) is 0.600. The first-order valence-corrected chi connectivity index (χ1v) is 7.70. The highest BCUT2D eigenvalue weighted by atomic mass is 35.5. The van der Waals surface area contributed by atoms with Gasteiger partial charge in [-0.1, -0.05) is 48.0 Å². The molecule has 7 nitrogen and oxygen atoms in total. The molecule has 124 valence electrons. The van der Waals surface area contributed by atoms with E-state index < -0.39 is 6.10 Å². The highest BCUT2D eigenvalue weighted by Crippen LogP contribution is 2.31. The third-order valence-electron chi connectivity index (χ3n) is 3.50. The summed E-state index contributed by atoms with van der Waals surface area (Å²) in [4.78, 5) is 0. The molecule has 0 aliphatic rings. The van der Waals surface area contributed by atoms with Gasteiger partial charge < -0.3 is 10.4 Å². The Morgan fingerprint density at radius 3 is 2.76 bits per heavy atom. The van der Waals surface area contributed by atoms with Crippen LogP contribution < -0.4 is 5.32 Å². The molecule has 2 aromatic carbocycles. The molecule has 0 radical (unpaired) electrons. The van der Waals surface area contributed by atoms with Crippen LogP contribution in [0, 0.1) is 11.3 Å². The Bertz CT molecular complexity index is 918. The fourth-order valence-corrected chi connectivity index (χ4v) is 2.45. The van der Waals surface area contributed by atoms with Crippen LogP contribution in [0.5, 0.6) is 0 Å². The Morgan fingerprint density at radius 2 is 2.08 bits per heavy atom. The minimum absolute atomic E-state index is 0.169. The van der Waals surface area contributed by atoms with Crippen LogP contribution in [0.25, 0.3) is 5.57 Å². The minimum Gasteiger partial charge on any atom is -0.384 e. The summed E-state index contributed by atoms with van der Waals surface area (Å²) in [5, 5.41) is 36.6. The van der Waals surface area contributed by atoms with E-state index in [1.54, 1.807) is 18.2 Å². The molecule has 3 rings (SSSR count). The van der Waals surface area contributed by atoms with Gasteiger partial charge in [0.1, 0.15) is 17.7 Å². The van der Waals surface area contributed by atoms with Gasteiger partial charge in [0, 0.05) is 22.5 Å². The van der Waals surface area contributed by atoms with Gasteiger partial charge >= 0.3 is 0 Å². The van der Waals surface area contributed by atoms with E-state index >= 15 is 0 Å². The number of aromatic nitrogens is 4. The lowest BCUT2D eigenvalue weighted by Gasteiger charge is -2.16. The number of nitrogens with zero attached hydrogens (tertiary/aromatic N) is 4. The molecule has 1 atom stereocenters. The van der Waals surface area contributed by atoms with Gasteiger partial charge in [-0.2, -0.15) is 10.5 Å². The van der Waals surface area contributed by atoms with Gasteiger partial charge in [-0.25, -0.2) is 0 Å². The first-order valence-electron chi connectivity index (χ1n) is 7.32. The Kier molecular flexibility index (Phi) is 5.04. The zero-order valence-corrected chi connectivity index (χ0v) is 13.6. The van der Waals surface area contributed by atoms with Crippen molar-refractivity contribution in [1.29, 1.82) is 5.26 Å². The molecule has 0 spiro atoms. The SMILES string of the molecule is N#CC(=CNc1cc(Cl)ccc1C(O)c1ccccc1)c1nn[nH]n1. The number of H-pyrrole nitrogens is 1. The third-order valence-corrected chi connectivity index (χ3v) is 3.74. The number of hydrogen-bond donors (Lipinski definition) is 3. The molecule has 1 unspecified atom stereocenters. The summed E-state index contributed by atoms with van der Waals surface area (Å²) in [5.74, 6) is 0.169. The maximum Gasteiger partial charge on any atom is 0.216 e.